The van der Waals surface area contributed by atoms with E-state index in [1.165, 1.54) is 0 Å². The van der Waals surface area contributed by atoms with Gasteiger partial charge in [0, 0.05) is 26.7 Å². The van der Waals surface area contributed by atoms with Crippen molar-refractivity contribution in [2.45, 2.75) is 32.2 Å². The monoisotopic (exact) mass is 217 g/mol. The molecule has 0 saturated heterocycles. The second kappa shape index (κ2) is 5.98. The number of nitrogens with zero attached hydrogens (tertiary/aromatic N) is 3. The molecule has 1 aromatic heterocycles. The molecule has 0 radical (unpaired) electrons. The van der Waals surface area contributed by atoms with Gasteiger partial charge in [0.1, 0.15) is 11.6 Å². The summed E-state index contributed by atoms with van der Waals surface area (Å²) in [5.41, 5.74) is 0. The number of aromatic nitrogens is 3. The van der Waals surface area contributed by atoms with Gasteiger partial charge in [0.15, 0.2) is 0 Å². The maximum absolute atomic E-state index is 5.74. The van der Waals surface area contributed by atoms with Gasteiger partial charge in [-0.05, 0) is 13.3 Å². The smallest absolute Gasteiger partial charge is 0.147 e. The molecule has 4 nitrogen and oxygen atoms in total. The Morgan fingerprint density at radius 2 is 2.07 bits per heavy atom. The van der Waals surface area contributed by atoms with Gasteiger partial charge in [-0.25, -0.2) is 0 Å². The Morgan fingerprint density at radius 1 is 1.36 bits per heavy atom. The first-order chi connectivity index (χ1) is 6.83. The van der Waals surface area contributed by atoms with Crippen LogP contribution in [0.2, 0.25) is 0 Å². The van der Waals surface area contributed by atoms with Crippen LogP contribution in [0.15, 0.2) is 0 Å². The number of hydrogen-bond acceptors (Lipinski definition) is 3. The molecule has 1 aromatic rings. The quantitative estimate of drug-likeness (QED) is 0.537. The van der Waals surface area contributed by atoms with Gasteiger partial charge >= 0.3 is 0 Å². The summed E-state index contributed by atoms with van der Waals surface area (Å²) >= 11 is 5.74. The Morgan fingerprint density at radius 3 is 2.64 bits per heavy atom. The fourth-order valence-corrected chi connectivity index (χ4v) is 1.59. The lowest BCUT2D eigenvalue weighted by Gasteiger charge is -2.05. The molecule has 0 spiro atoms. The summed E-state index contributed by atoms with van der Waals surface area (Å²) in [5.74, 6) is 2.27. The Hall–Kier alpha value is -0.610. The Kier molecular flexibility index (Phi) is 4.90. The third kappa shape index (κ3) is 2.69. The summed E-state index contributed by atoms with van der Waals surface area (Å²) in [6.07, 6.45) is 1.86. The van der Waals surface area contributed by atoms with Crippen molar-refractivity contribution < 1.29 is 4.74 Å². The van der Waals surface area contributed by atoms with E-state index in [-0.39, 0.29) is 0 Å². The van der Waals surface area contributed by atoms with E-state index in [0.717, 1.165) is 37.6 Å². The fraction of sp³-hybridized carbons (Fsp3) is 0.778. The lowest BCUT2D eigenvalue weighted by atomic mass is 10.3. The lowest BCUT2D eigenvalue weighted by Crippen LogP contribution is -2.06. The van der Waals surface area contributed by atoms with Crippen LogP contribution in [0.1, 0.15) is 25.0 Å². The van der Waals surface area contributed by atoms with E-state index >= 15 is 0 Å². The van der Waals surface area contributed by atoms with Crippen LogP contribution in [-0.2, 0) is 23.6 Å². The first-order valence-electron chi connectivity index (χ1n) is 4.79. The molecule has 0 aliphatic carbocycles. The van der Waals surface area contributed by atoms with Gasteiger partial charge in [0.05, 0.1) is 5.88 Å². The number of halogens is 1. The normalized spacial score (nSPS) is 10.8. The van der Waals surface area contributed by atoms with Crippen LogP contribution < -0.4 is 0 Å². The number of aryl methyl sites for hydroxylation is 1. The first kappa shape index (κ1) is 11.5. The number of rotatable bonds is 6. The van der Waals surface area contributed by atoms with E-state index in [4.69, 9.17) is 16.3 Å². The minimum atomic E-state index is 0.422. The molecule has 1 rings (SSSR count). The van der Waals surface area contributed by atoms with Gasteiger partial charge in [-0.3, -0.25) is 0 Å². The molecule has 0 bridgehead atoms. The second-order valence-corrected chi connectivity index (χ2v) is 3.27. The Labute approximate surface area is 89.2 Å². The predicted octanol–water partition coefficient (Wildman–Crippen LogP) is 1.62. The average molecular weight is 218 g/mol. The van der Waals surface area contributed by atoms with Crippen molar-refractivity contribution in [1.82, 2.24) is 14.8 Å². The standard InChI is InChI=1S/C9H16ClN3O/c1-3-13-8(5-4-6-14-2)11-12-9(13)7-10/h3-7H2,1-2H3. The van der Waals surface area contributed by atoms with E-state index in [1.54, 1.807) is 7.11 Å². The molecule has 0 fully saturated rings. The summed E-state index contributed by atoms with van der Waals surface area (Å²) in [6.45, 7) is 3.70. The molecular weight excluding hydrogens is 202 g/mol. The molecule has 1 heterocycles. The maximum Gasteiger partial charge on any atom is 0.147 e. The average Bonchev–Trinajstić information content (AvgIpc) is 2.60. The topological polar surface area (TPSA) is 39.9 Å². The van der Waals surface area contributed by atoms with E-state index in [9.17, 15) is 0 Å². The summed E-state index contributed by atoms with van der Waals surface area (Å²) in [5, 5.41) is 8.13. The number of hydrogen-bond donors (Lipinski definition) is 0. The summed E-state index contributed by atoms with van der Waals surface area (Å²) in [4.78, 5) is 0. The zero-order chi connectivity index (χ0) is 10.4. The van der Waals surface area contributed by atoms with Crippen molar-refractivity contribution in [1.29, 1.82) is 0 Å². The minimum absolute atomic E-state index is 0.422. The largest absolute Gasteiger partial charge is 0.385 e. The van der Waals surface area contributed by atoms with Crippen LogP contribution in [0.3, 0.4) is 0 Å². The number of ether oxygens (including phenoxy) is 1. The fourth-order valence-electron chi connectivity index (χ4n) is 1.40. The third-order valence-corrected chi connectivity index (χ3v) is 2.33. The molecule has 0 aliphatic rings. The van der Waals surface area contributed by atoms with Crippen LogP contribution in [0.25, 0.3) is 0 Å². The lowest BCUT2D eigenvalue weighted by molar-refractivity contribution is 0.194. The van der Waals surface area contributed by atoms with Gasteiger partial charge in [-0.1, -0.05) is 0 Å². The Balaban J connectivity index is 2.61. The van der Waals surface area contributed by atoms with E-state index in [1.807, 2.05) is 0 Å². The van der Waals surface area contributed by atoms with Crippen LogP contribution in [0.4, 0.5) is 0 Å². The highest BCUT2D eigenvalue weighted by molar-refractivity contribution is 6.16. The van der Waals surface area contributed by atoms with E-state index in [2.05, 4.69) is 21.7 Å². The molecule has 80 valence electrons. The van der Waals surface area contributed by atoms with Gasteiger partial charge in [-0.2, -0.15) is 0 Å². The van der Waals surface area contributed by atoms with Crippen molar-refractivity contribution in [2.75, 3.05) is 13.7 Å². The van der Waals surface area contributed by atoms with Crippen LogP contribution in [0.5, 0.6) is 0 Å². The third-order valence-electron chi connectivity index (χ3n) is 2.09. The van der Waals surface area contributed by atoms with Gasteiger partial charge in [-0.15, -0.1) is 21.8 Å². The van der Waals surface area contributed by atoms with Gasteiger partial charge in [0.25, 0.3) is 0 Å². The predicted molar refractivity (Wildman–Crippen MR) is 55.5 cm³/mol. The zero-order valence-corrected chi connectivity index (χ0v) is 9.42. The number of alkyl halides is 1. The highest BCUT2D eigenvalue weighted by Crippen LogP contribution is 2.07. The van der Waals surface area contributed by atoms with Crippen molar-refractivity contribution in [2.24, 2.45) is 0 Å². The molecule has 0 aliphatic heterocycles. The molecule has 0 atom stereocenters. The van der Waals surface area contributed by atoms with Crippen LogP contribution in [-0.4, -0.2) is 28.5 Å². The van der Waals surface area contributed by atoms with Crippen molar-refractivity contribution in [3.8, 4) is 0 Å². The highest BCUT2D eigenvalue weighted by atomic mass is 35.5. The zero-order valence-electron chi connectivity index (χ0n) is 8.66. The van der Waals surface area contributed by atoms with Crippen LogP contribution in [0, 0.1) is 0 Å². The minimum Gasteiger partial charge on any atom is -0.385 e. The van der Waals surface area contributed by atoms with Crippen LogP contribution >= 0.6 is 11.6 Å². The van der Waals surface area contributed by atoms with Crippen molar-refractivity contribution in [3.63, 3.8) is 0 Å². The second-order valence-electron chi connectivity index (χ2n) is 3.01. The number of methoxy groups -OCH3 is 1. The Bertz CT molecular complexity index is 275. The van der Waals surface area contributed by atoms with Gasteiger partial charge in [0.2, 0.25) is 0 Å². The SMILES string of the molecule is CCn1c(CCl)nnc1CCCOC. The van der Waals surface area contributed by atoms with Gasteiger partial charge < -0.3 is 9.30 Å². The molecule has 0 saturated carbocycles. The summed E-state index contributed by atoms with van der Waals surface area (Å²) < 4.78 is 7.04. The maximum atomic E-state index is 5.74. The molecular formula is C9H16ClN3O. The highest BCUT2D eigenvalue weighted by Gasteiger charge is 2.08. The molecule has 0 unspecified atom stereocenters. The molecule has 0 amide bonds. The summed E-state index contributed by atoms with van der Waals surface area (Å²) in [7, 11) is 1.70. The van der Waals surface area contributed by atoms with E-state index < -0.39 is 0 Å². The van der Waals surface area contributed by atoms with Crippen molar-refractivity contribution in [3.05, 3.63) is 11.6 Å². The van der Waals surface area contributed by atoms with Crippen molar-refractivity contribution >= 4 is 11.6 Å². The van der Waals surface area contributed by atoms with E-state index in [0.29, 0.717) is 5.88 Å². The molecule has 5 heteroatoms. The molecule has 0 aromatic carbocycles. The molecule has 14 heavy (non-hydrogen) atoms. The molecule has 0 N–H and O–H groups in total. The summed E-state index contributed by atoms with van der Waals surface area (Å²) in [6, 6.07) is 0. The first-order valence-corrected chi connectivity index (χ1v) is 5.32.